The molecule has 0 amide bonds. The van der Waals surface area contributed by atoms with Crippen molar-refractivity contribution in [2.45, 2.75) is 6.23 Å². The fraction of sp³-hybridized carbons (Fsp3) is 0.0213. The maximum Gasteiger partial charge on any atom is 0.196 e. The van der Waals surface area contributed by atoms with Gasteiger partial charge in [-0.3, -0.25) is 0 Å². The molecule has 0 saturated heterocycles. The molecule has 1 N–H and O–H groups in total. The lowest BCUT2D eigenvalue weighted by Crippen LogP contribution is -2.09. The van der Waals surface area contributed by atoms with Crippen molar-refractivity contribution in [2.24, 2.45) is 0 Å². The molecule has 0 fully saturated rings. The van der Waals surface area contributed by atoms with Gasteiger partial charge in [0.1, 0.15) is 0 Å². The van der Waals surface area contributed by atoms with Gasteiger partial charge in [0.2, 0.25) is 0 Å². The van der Waals surface area contributed by atoms with Crippen LogP contribution >= 0.6 is 0 Å². The summed E-state index contributed by atoms with van der Waals surface area (Å²) in [4.78, 5) is 2.35. The van der Waals surface area contributed by atoms with Gasteiger partial charge < -0.3 is 15.0 Å². The first-order chi connectivity index (χ1) is 24.8. The highest BCUT2D eigenvalue weighted by Gasteiger charge is 2.28. The molecule has 50 heavy (non-hydrogen) atoms. The van der Waals surface area contributed by atoms with Crippen LogP contribution in [0.4, 0.5) is 22.7 Å². The van der Waals surface area contributed by atoms with E-state index >= 15 is 0 Å². The second kappa shape index (κ2) is 11.5. The van der Waals surface area contributed by atoms with Gasteiger partial charge in [-0.15, -0.1) is 0 Å². The lowest BCUT2D eigenvalue weighted by Gasteiger charge is -2.26. The summed E-state index contributed by atoms with van der Waals surface area (Å²) < 4.78 is 6.70. The third kappa shape index (κ3) is 4.75. The van der Waals surface area contributed by atoms with Crippen molar-refractivity contribution in [3.8, 4) is 16.9 Å². The van der Waals surface area contributed by atoms with Crippen LogP contribution in [-0.2, 0) is 0 Å². The topological polar surface area (TPSA) is 24.5 Å². The van der Waals surface area contributed by atoms with Crippen molar-refractivity contribution in [3.63, 3.8) is 0 Å². The van der Waals surface area contributed by atoms with Gasteiger partial charge in [-0.25, -0.2) is 0 Å². The first-order valence-corrected chi connectivity index (χ1v) is 17.1. The summed E-state index contributed by atoms with van der Waals surface area (Å²) in [5.74, 6) is 0.907. The van der Waals surface area contributed by atoms with E-state index in [9.17, 15) is 0 Å². The molecule has 9 aromatic rings. The molecule has 0 radical (unpaired) electrons. The van der Waals surface area contributed by atoms with Gasteiger partial charge >= 0.3 is 0 Å². The number of nitrogens with zero attached hydrogens (tertiary/aromatic N) is 1. The molecule has 0 spiro atoms. The second-order valence-electron chi connectivity index (χ2n) is 13.0. The van der Waals surface area contributed by atoms with Crippen LogP contribution in [0.5, 0.6) is 5.75 Å². The zero-order valence-electron chi connectivity index (χ0n) is 27.3. The average Bonchev–Trinajstić information content (AvgIpc) is 3.65. The summed E-state index contributed by atoms with van der Waals surface area (Å²) in [7, 11) is 0. The monoisotopic (exact) mass is 640 g/mol. The molecule has 10 rings (SSSR count). The van der Waals surface area contributed by atoms with Crippen LogP contribution in [-0.4, -0.2) is 0 Å². The highest BCUT2D eigenvalue weighted by molar-refractivity contribution is 6.18. The number of benzene rings is 9. The van der Waals surface area contributed by atoms with Crippen molar-refractivity contribution in [3.05, 3.63) is 188 Å². The predicted octanol–water partition coefficient (Wildman–Crippen LogP) is 12.9. The van der Waals surface area contributed by atoms with Crippen LogP contribution in [0.1, 0.15) is 11.8 Å². The van der Waals surface area contributed by atoms with E-state index in [1.54, 1.807) is 0 Å². The van der Waals surface area contributed by atoms with Crippen LogP contribution in [0.15, 0.2) is 182 Å². The molecule has 0 aliphatic carbocycles. The summed E-state index contributed by atoms with van der Waals surface area (Å²) in [6.07, 6.45) is -0.237. The van der Waals surface area contributed by atoms with E-state index in [1.165, 1.54) is 37.7 Å². The highest BCUT2D eigenvalue weighted by atomic mass is 16.5. The highest BCUT2D eigenvalue weighted by Crippen LogP contribution is 2.49. The van der Waals surface area contributed by atoms with Crippen molar-refractivity contribution >= 4 is 65.8 Å². The van der Waals surface area contributed by atoms with Crippen molar-refractivity contribution < 1.29 is 4.74 Å². The SMILES string of the molecule is c1ccc(C2Nc3c(c4cc(-c5ccc(N(c6ccc7ccccc7c6)c6ccc7ccccc7c6)cc5)ccc4c4ccccc34)O2)cc1. The Morgan fingerprint density at radius 3 is 1.62 bits per heavy atom. The van der Waals surface area contributed by atoms with Crippen LogP contribution in [0.2, 0.25) is 0 Å². The number of hydrogen-bond donors (Lipinski definition) is 1. The molecule has 3 nitrogen and oxygen atoms in total. The minimum absolute atomic E-state index is 0.237. The van der Waals surface area contributed by atoms with Crippen molar-refractivity contribution in [1.29, 1.82) is 0 Å². The molecule has 1 atom stereocenters. The number of anilines is 4. The van der Waals surface area contributed by atoms with Gasteiger partial charge in [-0.2, -0.15) is 0 Å². The van der Waals surface area contributed by atoms with E-state index in [0.717, 1.165) is 50.6 Å². The van der Waals surface area contributed by atoms with Crippen molar-refractivity contribution in [1.82, 2.24) is 0 Å². The molecule has 236 valence electrons. The molecule has 9 aromatic carbocycles. The maximum absolute atomic E-state index is 6.70. The van der Waals surface area contributed by atoms with E-state index in [0.29, 0.717) is 0 Å². The number of nitrogens with one attached hydrogen (secondary N) is 1. The first kappa shape index (κ1) is 28.4. The quantitative estimate of drug-likeness (QED) is 0.189. The molecule has 1 heterocycles. The smallest absolute Gasteiger partial charge is 0.196 e. The second-order valence-corrected chi connectivity index (χ2v) is 13.0. The number of ether oxygens (including phenoxy) is 1. The van der Waals surface area contributed by atoms with Crippen LogP contribution in [0.3, 0.4) is 0 Å². The van der Waals surface area contributed by atoms with E-state index in [1.807, 2.05) is 6.07 Å². The number of rotatable bonds is 5. The lowest BCUT2D eigenvalue weighted by atomic mass is 9.95. The molecule has 0 saturated carbocycles. The lowest BCUT2D eigenvalue weighted by molar-refractivity contribution is 0.262. The fourth-order valence-corrected chi connectivity index (χ4v) is 7.54. The predicted molar refractivity (Wildman–Crippen MR) is 210 cm³/mol. The zero-order valence-corrected chi connectivity index (χ0v) is 27.3. The van der Waals surface area contributed by atoms with E-state index in [-0.39, 0.29) is 6.23 Å². The largest absolute Gasteiger partial charge is 0.464 e. The molecular formula is C47H32N2O. The van der Waals surface area contributed by atoms with Crippen LogP contribution in [0.25, 0.3) is 54.2 Å². The molecule has 1 aliphatic rings. The Balaban J connectivity index is 1.07. The van der Waals surface area contributed by atoms with Gasteiger partial charge in [-0.1, -0.05) is 140 Å². The molecular weight excluding hydrogens is 609 g/mol. The molecule has 0 aromatic heterocycles. The maximum atomic E-state index is 6.70. The van der Waals surface area contributed by atoms with E-state index in [2.05, 4.69) is 186 Å². The molecule has 1 unspecified atom stereocenters. The van der Waals surface area contributed by atoms with Crippen LogP contribution < -0.4 is 15.0 Å². The van der Waals surface area contributed by atoms with Gasteiger partial charge in [0.05, 0.1) is 5.69 Å². The van der Waals surface area contributed by atoms with Crippen molar-refractivity contribution in [2.75, 3.05) is 10.2 Å². The third-order valence-corrected chi connectivity index (χ3v) is 10.0. The standard InChI is InChI=1S/C47H32N2O/c1-2-12-34(13-3-1)47-48-45-43-17-9-8-16-41(43)42-27-22-37(30-44(42)46(45)50-47)33-18-23-38(24-19-33)49(39-25-20-31-10-4-6-14-35(31)28-39)40-26-21-32-11-5-7-15-36(32)29-40/h1-30,47-48H. The number of fused-ring (bicyclic) bond motifs is 8. The summed E-state index contributed by atoms with van der Waals surface area (Å²) in [6, 6.07) is 65.2. The van der Waals surface area contributed by atoms with Gasteiger partial charge in [-0.05, 0) is 85.9 Å². The summed E-state index contributed by atoms with van der Waals surface area (Å²) in [5, 5.41) is 13.3. The minimum atomic E-state index is -0.237. The van der Waals surface area contributed by atoms with Crippen LogP contribution in [0, 0.1) is 0 Å². The summed E-state index contributed by atoms with van der Waals surface area (Å²) >= 11 is 0. The van der Waals surface area contributed by atoms with Gasteiger partial charge in [0.15, 0.2) is 12.0 Å². The van der Waals surface area contributed by atoms with E-state index < -0.39 is 0 Å². The Kier molecular flexibility index (Phi) is 6.56. The minimum Gasteiger partial charge on any atom is -0.464 e. The normalized spacial score (nSPS) is 13.7. The summed E-state index contributed by atoms with van der Waals surface area (Å²) in [6.45, 7) is 0. The molecule has 1 aliphatic heterocycles. The first-order valence-electron chi connectivity index (χ1n) is 17.1. The Labute approximate surface area is 290 Å². The third-order valence-electron chi connectivity index (χ3n) is 10.0. The zero-order chi connectivity index (χ0) is 33.0. The summed E-state index contributed by atoms with van der Waals surface area (Å²) in [5.41, 5.74) is 7.81. The fourth-order valence-electron chi connectivity index (χ4n) is 7.54. The average molecular weight is 641 g/mol. The Morgan fingerprint density at radius 1 is 0.400 bits per heavy atom. The van der Waals surface area contributed by atoms with Gasteiger partial charge in [0.25, 0.3) is 0 Å². The Bertz CT molecular complexity index is 2640. The number of hydrogen-bond acceptors (Lipinski definition) is 3. The Hall–Kier alpha value is -6.58. The molecule has 0 bridgehead atoms. The van der Waals surface area contributed by atoms with Gasteiger partial charge in [0, 0.05) is 33.4 Å². The Morgan fingerprint density at radius 2 is 0.940 bits per heavy atom. The van der Waals surface area contributed by atoms with E-state index in [4.69, 9.17) is 4.74 Å². The molecule has 3 heteroatoms.